The Morgan fingerprint density at radius 1 is 1.44 bits per heavy atom. The van der Waals surface area contributed by atoms with E-state index in [4.69, 9.17) is 22.7 Å². The lowest BCUT2D eigenvalue weighted by molar-refractivity contribution is -0.147. The van der Waals surface area contributed by atoms with Crippen LogP contribution in [0.25, 0.3) is 0 Å². The van der Waals surface area contributed by atoms with Crippen LogP contribution in [-0.4, -0.2) is 11.9 Å². The maximum atomic E-state index is 11.1. The Hall–Kier alpha value is -1.75. The van der Waals surface area contributed by atoms with Crippen molar-refractivity contribution in [3.8, 4) is 0 Å². The Kier molecular flexibility index (Phi) is 4.60. The standard InChI is InChI=1S/C10H12ClN3O2/c11-8-4-1-7(2-5-8)3-6-9(15)16-14-10(12)13/h1-2,4-5H,3,6H2,(H4,12,13,14). The van der Waals surface area contributed by atoms with Crippen LogP contribution in [-0.2, 0) is 16.1 Å². The van der Waals surface area contributed by atoms with Crippen molar-refractivity contribution in [1.82, 2.24) is 5.48 Å². The molecule has 16 heavy (non-hydrogen) atoms. The fourth-order valence-corrected chi connectivity index (χ4v) is 1.19. The number of nitrogens with one attached hydrogen (secondary N) is 2. The number of halogens is 1. The van der Waals surface area contributed by atoms with Crippen molar-refractivity contribution in [1.29, 1.82) is 5.41 Å². The van der Waals surface area contributed by atoms with Gasteiger partial charge in [0.2, 0.25) is 5.96 Å². The van der Waals surface area contributed by atoms with Crippen molar-refractivity contribution in [2.24, 2.45) is 5.73 Å². The van der Waals surface area contributed by atoms with E-state index in [0.717, 1.165) is 5.56 Å². The molecule has 0 spiro atoms. The van der Waals surface area contributed by atoms with E-state index in [1.165, 1.54) is 0 Å². The van der Waals surface area contributed by atoms with Crippen LogP contribution in [0.4, 0.5) is 0 Å². The number of hydroxylamine groups is 1. The number of nitrogens with two attached hydrogens (primary N) is 1. The maximum Gasteiger partial charge on any atom is 0.332 e. The number of hydrogen-bond acceptors (Lipinski definition) is 3. The molecule has 0 aliphatic heterocycles. The predicted octanol–water partition coefficient (Wildman–Crippen LogP) is 1.21. The van der Waals surface area contributed by atoms with Crippen LogP contribution in [0.15, 0.2) is 24.3 Å². The van der Waals surface area contributed by atoms with Gasteiger partial charge in [0, 0.05) is 5.02 Å². The Morgan fingerprint density at radius 3 is 2.62 bits per heavy atom. The minimum absolute atomic E-state index is 0.210. The van der Waals surface area contributed by atoms with Gasteiger partial charge in [-0.25, -0.2) is 4.79 Å². The first-order valence-electron chi connectivity index (χ1n) is 4.62. The van der Waals surface area contributed by atoms with Crippen molar-refractivity contribution in [3.63, 3.8) is 0 Å². The van der Waals surface area contributed by atoms with Crippen molar-refractivity contribution in [2.45, 2.75) is 12.8 Å². The van der Waals surface area contributed by atoms with Gasteiger partial charge in [0.25, 0.3) is 0 Å². The lowest BCUT2D eigenvalue weighted by atomic mass is 10.1. The molecule has 1 aromatic rings. The molecule has 0 aromatic heterocycles. The van der Waals surface area contributed by atoms with E-state index in [9.17, 15) is 4.79 Å². The number of rotatable bonds is 3. The predicted molar refractivity (Wildman–Crippen MR) is 60.9 cm³/mol. The monoisotopic (exact) mass is 241 g/mol. The quantitative estimate of drug-likeness (QED) is 0.422. The molecule has 0 radical (unpaired) electrons. The molecule has 0 aliphatic rings. The second-order valence-corrected chi connectivity index (χ2v) is 3.55. The number of hydrogen-bond donors (Lipinski definition) is 3. The van der Waals surface area contributed by atoms with Gasteiger partial charge in [-0.1, -0.05) is 23.7 Å². The third kappa shape index (κ3) is 4.65. The number of carbonyl (C=O) groups is 1. The summed E-state index contributed by atoms with van der Waals surface area (Å²) < 4.78 is 0. The molecule has 0 fully saturated rings. The average Bonchev–Trinajstić information content (AvgIpc) is 2.25. The second kappa shape index (κ2) is 5.97. The summed E-state index contributed by atoms with van der Waals surface area (Å²) >= 11 is 5.72. The van der Waals surface area contributed by atoms with Crippen LogP contribution in [0.1, 0.15) is 12.0 Å². The molecule has 5 nitrogen and oxygen atoms in total. The Morgan fingerprint density at radius 2 is 2.06 bits per heavy atom. The summed E-state index contributed by atoms with van der Waals surface area (Å²) in [4.78, 5) is 15.6. The summed E-state index contributed by atoms with van der Waals surface area (Å²) in [6, 6.07) is 7.20. The third-order valence-corrected chi connectivity index (χ3v) is 2.06. The molecule has 4 N–H and O–H groups in total. The number of benzene rings is 1. The maximum absolute atomic E-state index is 11.1. The lowest BCUT2D eigenvalue weighted by Gasteiger charge is -2.04. The summed E-state index contributed by atoms with van der Waals surface area (Å²) in [6.07, 6.45) is 0.761. The van der Waals surface area contributed by atoms with Gasteiger partial charge in [-0.05, 0) is 24.1 Å². The zero-order valence-electron chi connectivity index (χ0n) is 8.50. The van der Waals surface area contributed by atoms with Crippen LogP contribution < -0.4 is 11.2 Å². The van der Waals surface area contributed by atoms with Crippen LogP contribution in [0, 0.1) is 5.41 Å². The topological polar surface area (TPSA) is 88.2 Å². The zero-order valence-corrected chi connectivity index (χ0v) is 9.25. The lowest BCUT2D eigenvalue weighted by Crippen LogP contribution is -2.32. The summed E-state index contributed by atoms with van der Waals surface area (Å²) in [6.45, 7) is 0. The van der Waals surface area contributed by atoms with Gasteiger partial charge < -0.3 is 10.6 Å². The molecule has 1 rings (SSSR count). The summed E-state index contributed by atoms with van der Waals surface area (Å²) in [5.41, 5.74) is 7.92. The smallest absolute Gasteiger partial charge is 0.332 e. The molecule has 0 atom stereocenters. The number of guanidine groups is 1. The van der Waals surface area contributed by atoms with Gasteiger partial charge in [0.1, 0.15) is 0 Å². The van der Waals surface area contributed by atoms with E-state index in [1.54, 1.807) is 12.1 Å². The van der Waals surface area contributed by atoms with Crippen LogP contribution >= 0.6 is 11.6 Å². The highest BCUT2D eigenvalue weighted by Crippen LogP contribution is 2.10. The minimum Gasteiger partial charge on any atom is -0.368 e. The highest BCUT2D eigenvalue weighted by Gasteiger charge is 2.04. The van der Waals surface area contributed by atoms with Gasteiger partial charge >= 0.3 is 5.97 Å². The molecular weight excluding hydrogens is 230 g/mol. The van der Waals surface area contributed by atoms with E-state index in [-0.39, 0.29) is 6.42 Å². The molecule has 0 unspecified atom stereocenters. The Bertz CT molecular complexity index is 378. The molecule has 0 saturated carbocycles. The Balaban J connectivity index is 2.31. The van der Waals surface area contributed by atoms with Crippen molar-refractivity contribution in [2.75, 3.05) is 0 Å². The minimum atomic E-state index is -0.467. The van der Waals surface area contributed by atoms with Gasteiger partial charge in [-0.3, -0.25) is 5.41 Å². The average molecular weight is 242 g/mol. The molecule has 6 heteroatoms. The van der Waals surface area contributed by atoms with Gasteiger partial charge in [-0.15, -0.1) is 0 Å². The van der Waals surface area contributed by atoms with Gasteiger partial charge in [-0.2, -0.15) is 5.48 Å². The van der Waals surface area contributed by atoms with E-state index in [0.29, 0.717) is 11.4 Å². The molecule has 1 aromatic carbocycles. The first-order chi connectivity index (χ1) is 7.58. The fourth-order valence-electron chi connectivity index (χ4n) is 1.06. The molecular formula is C10H12ClN3O2. The van der Waals surface area contributed by atoms with E-state index >= 15 is 0 Å². The van der Waals surface area contributed by atoms with Crippen LogP contribution in [0.3, 0.4) is 0 Å². The first-order valence-corrected chi connectivity index (χ1v) is 5.00. The highest BCUT2D eigenvalue weighted by molar-refractivity contribution is 6.30. The largest absolute Gasteiger partial charge is 0.368 e. The number of aryl methyl sites for hydroxylation is 1. The molecule has 0 aliphatic carbocycles. The van der Waals surface area contributed by atoms with Crippen LogP contribution in [0.5, 0.6) is 0 Å². The first kappa shape index (κ1) is 12.3. The molecule has 0 saturated heterocycles. The highest BCUT2D eigenvalue weighted by atomic mass is 35.5. The number of carbonyl (C=O) groups excluding carboxylic acids is 1. The third-order valence-electron chi connectivity index (χ3n) is 1.81. The summed E-state index contributed by atoms with van der Waals surface area (Å²) in [7, 11) is 0. The van der Waals surface area contributed by atoms with Crippen molar-refractivity contribution in [3.05, 3.63) is 34.9 Å². The Labute approximate surface area is 98.0 Å². The SMILES string of the molecule is N=C(N)NOC(=O)CCc1ccc(Cl)cc1. The van der Waals surface area contributed by atoms with Gasteiger partial charge in [0.05, 0.1) is 6.42 Å². The fraction of sp³-hybridized carbons (Fsp3) is 0.200. The van der Waals surface area contributed by atoms with Crippen molar-refractivity contribution < 1.29 is 9.63 Å². The van der Waals surface area contributed by atoms with E-state index in [1.807, 2.05) is 17.6 Å². The normalized spacial score (nSPS) is 9.56. The van der Waals surface area contributed by atoms with E-state index in [2.05, 4.69) is 4.84 Å². The molecule has 0 bridgehead atoms. The van der Waals surface area contributed by atoms with Crippen LogP contribution in [0.2, 0.25) is 5.02 Å². The van der Waals surface area contributed by atoms with E-state index < -0.39 is 11.9 Å². The van der Waals surface area contributed by atoms with Crippen molar-refractivity contribution >= 4 is 23.5 Å². The summed E-state index contributed by atoms with van der Waals surface area (Å²) in [5.74, 6) is -0.870. The van der Waals surface area contributed by atoms with Gasteiger partial charge in [0.15, 0.2) is 0 Å². The molecule has 0 amide bonds. The molecule has 86 valence electrons. The zero-order chi connectivity index (χ0) is 12.0. The summed E-state index contributed by atoms with van der Waals surface area (Å²) in [5, 5.41) is 7.44. The molecule has 0 heterocycles. The second-order valence-electron chi connectivity index (χ2n) is 3.12.